The van der Waals surface area contributed by atoms with Crippen LogP contribution in [0.3, 0.4) is 0 Å². The highest BCUT2D eigenvalue weighted by molar-refractivity contribution is 9.10. The lowest BCUT2D eigenvalue weighted by Crippen LogP contribution is -2.06. The molecule has 0 radical (unpaired) electrons. The van der Waals surface area contributed by atoms with Crippen molar-refractivity contribution in [2.75, 3.05) is 17.7 Å². The Balaban J connectivity index is 2.39. The molecule has 0 atom stereocenters. The van der Waals surface area contributed by atoms with Crippen molar-refractivity contribution < 1.29 is 0 Å². The van der Waals surface area contributed by atoms with Crippen LogP contribution < -0.4 is 10.6 Å². The van der Waals surface area contributed by atoms with Gasteiger partial charge in [-0.15, -0.1) is 0 Å². The first-order chi connectivity index (χ1) is 10.2. The number of halogens is 1. The fourth-order valence-corrected chi connectivity index (χ4v) is 2.74. The second kappa shape index (κ2) is 7.41. The molecule has 0 aliphatic heterocycles. The summed E-state index contributed by atoms with van der Waals surface area (Å²) in [6.07, 6.45) is 4.56. The van der Waals surface area contributed by atoms with Gasteiger partial charge in [0.05, 0.1) is 0 Å². The molecule has 1 heterocycles. The summed E-state index contributed by atoms with van der Waals surface area (Å²) in [5.74, 6) is 1.78. The normalized spacial score (nSPS) is 10.5. The number of nitrogens with one attached hydrogen (secondary N) is 2. The van der Waals surface area contributed by atoms with Crippen molar-refractivity contribution in [1.29, 1.82) is 0 Å². The maximum absolute atomic E-state index is 4.43. The van der Waals surface area contributed by atoms with E-state index in [1.807, 2.05) is 13.1 Å². The third-order valence-corrected chi connectivity index (χ3v) is 3.88. The first-order valence-electron chi connectivity index (χ1n) is 7.26. The van der Waals surface area contributed by atoms with Crippen LogP contribution in [0.5, 0.6) is 0 Å². The van der Waals surface area contributed by atoms with E-state index in [1.165, 1.54) is 5.56 Å². The van der Waals surface area contributed by atoms with Crippen LogP contribution in [-0.2, 0) is 12.8 Å². The summed E-state index contributed by atoms with van der Waals surface area (Å²) in [6.45, 7) is 4.31. The molecular weight excluding hydrogens is 328 g/mol. The van der Waals surface area contributed by atoms with Crippen LogP contribution in [-0.4, -0.2) is 17.0 Å². The standard InChI is InChI=1S/C16H21BrN4/c1-4-6-13-15(18-3)19-10-20-16(13)21-14-8-7-12(17)9-11(14)5-2/h7-10H,4-6H2,1-3H3,(H2,18,19,20,21). The first-order valence-corrected chi connectivity index (χ1v) is 8.05. The van der Waals surface area contributed by atoms with Crippen molar-refractivity contribution in [2.24, 2.45) is 0 Å². The molecule has 1 aromatic carbocycles. The number of nitrogens with zero attached hydrogens (tertiary/aromatic N) is 2. The van der Waals surface area contributed by atoms with E-state index in [-0.39, 0.29) is 0 Å². The van der Waals surface area contributed by atoms with Gasteiger partial charge in [0.1, 0.15) is 18.0 Å². The molecule has 2 rings (SSSR count). The molecule has 0 saturated heterocycles. The monoisotopic (exact) mass is 348 g/mol. The maximum atomic E-state index is 4.43. The Morgan fingerprint density at radius 2 is 1.90 bits per heavy atom. The van der Waals surface area contributed by atoms with Gasteiger partial charge in [-0.3, -0.25) is 0 Å². The molecule has 112 valence electrons. The summed E-state index contributed by atoms with van der Waals surface area (Å²) in [5, 5.41) is 6.61. The Bertz CT molecular complexity index is 613. The molecule has 0 aliphatic carbocycles. The Labute approximate surface area is 134 Å². The lowest BCUT2D eigenvalue weighted by atomic mass is 10.1. The molecule has 0 amide bonds. The van der Waals surface area contributed by atoms with Gasteiger partial charge >= 0.3 is 0 Å². The van der Waals surface area contributed by atoms with Gasteiger partial charge in [-0.25, -0.2) is 9.97 Å². The van der Waals surface area contributed by atoms with Crippen molar-refractivity contribution in [3.05, 3.63) is 40.1 Å². The number of aryl methyl sites for hydroxylation is 1. The van der Waals surface area contributed by atoms with E-state index in [4.69, 9.17) is 0 Å². The van der Waals surface area contributed by atoms with E-state index >= 15 is 0 Å². The van der Waals surface area contributed by atoms with Crippen LogP contribution in [0.1, 0.15) is 31.4 Å². The fraction of sp³-hybridized carbons (Fsp3) is 0.375. The summed E-state index contributed by atoms with van der Waals surface area (Å²) >= 11 is 3.52. The SMILES string of the molecule is CCCc1c(NC)ncnc1Nc1ccc(Br)cc1CC. The van der Waals surface area contributed by atoms with Gasteiger partial charge < -0.3 is 10.6 Å². The van der Waals surface area contributed by atoms with Gasteiger partial charge in [0.25, 0.3) is 0 Å². The molecule has 0 bridgehead atoms. The Morgan fingerprint density at radius 1 is 1.14 bits per heavy atom. The van der Waals surface area contributed by atoms with Gasteiger partial charge in [0.2, 0.25) is 0 Å². The lowest BCUT2D eigenvalue weighted by molar-refractivity contribution is 0.905. The number of hydrogen-bond acceptors (Lipinski definition) is 4. The van der Waals surface area contributed by atoms with Gasteiger partial charge in [-0.1, -0.05) is 36.2 Å². The third-order valence-electron chi connectivity index (χ3n) is 3.38. The highest BCUT2D eigenvalue weighted by Crippen LogP contribution is 2.28. The van der Waals surface area contributed by atoms with Crippen molar-refractivity contribution >= 4 is 33.3 Å². The molecule has 2 N–H and O–H groups in total. The van der Waals surface area contributed by atoms with Crippen molar-refractivity contribution in [3.8, 4) is 0 Å². The molecule has 2 aromatic rings. The van der Waals surface area contributed by atoms with E-state index in [9.17, 15) is 0 Å². The van der Waals surface area contributed by atoms with Crippen molar-refractivity contribution in [2.45, 2.75) is 33.1 Å². The molecular formula is C16H21BrN4. The zero-order valence-electron chi connectivity index (χ0n) is 12.7. The molecule has 0 aliphatic rings. The minimum Gasteiger partial charge on any atom is -0.373 e. The van der Waals surface area contributed by atoms with E-state index < -0.39 is 0 Å². The highest BCUT2D eigenvalue weighted by Gasteiger charge is 2.11. The van der Waals surface area contributed by atoms with E-state index in [0.29, 0.717) is 0 Å². The maximum Gasteiger partial charge on any atom is 0.139 e. The molecule has 1 aromatic heterocycles. The zero-order chi connectivity index (χ0) is 15.2. The van der Waals surface area contributed by atoms with Crippen LogP contribution in [0, 0.1) is 0 Å². The summed E-state index contributed by atoms with van der Waals surface area (Å²) in [6, 6.07) is 6.27. The van der Waals surface area contributed by atoms with Crippen molar-refractivity contribution in [1.82, 2.24) is 9.97 Å². The van der Waals surface area contributed by atoms with Crippen LogP contribution in [0.25, 0.3) is 0 Å². The predicted octanol–water partition coefficient (Wildman–Crippen LogP) is 4.54. The molecule has 0 spiro atoms. The second-order valence-corrected chi connectivity index (χ2v) is 5.75. The average Bonchev–Trinajstić information content (AvgIpc) is 2.50. The minimum atomic E-state index is 0.883. The highest BCUT2D eigenvalue weighted by atomic mass is 79.9. The quantitative estimate of drug-likeness (QED) is 0.804. The van der Waals surface area contributed by atoms with Gasteiger partial charge in [0, 0.05) is 22.8 Å². The summed E-state index contributed by atoms with van der Waals surface area (Å²) in [4.78, 5) is 8.73. The second-order valence-electron chi connectivity index (χ2n) is 4.83. The van der Waals surface area contributed by atoms with E-state index in [1.54, 1.807) is 6.33 Å². The van der Waals surface area contributed by atoms with Crippen LogP contribution >= 0.6 is 15.9 Å². The fourth-order valence-electron chi connectivity index (χ4n) is 2.33. The van der Waals surface area contributed by atoms with Gasteiger partial charge in [-0.05, 0) is 36.6 Å². The largest absolute Gasteiger partial charge is 0.373 e. The number of benzene rings is 1. The van der Waals surface area contributed by atoms with Crippen LogP contribution in [0.15, 0.2) is 29.0 Å². The van der Waals surface area contributed by atoms with Crippen LogP contribution in [0.4, 0.5) is 17.3 Å². The van der Waals surface area contributed by atoms with Gasteiger partial charge in [0.15, 0.2) is 0 Å². The molecule has 0 unspecified atom stereocenters. The lowest BCUT2D eigenvalue weighted by Gasteiger charge is -2.15. The number of rotatable bonds is 6. The first kappa shape index (κ1) is 15.8. The van der Waals surface area contributed by atoms with Gasteiger partial charge in [-0.2, -0.15) is 0 Å². The minimum absolute atomic E-state index is 0.883. The predicted molar refractivity (Wildman–Crippen MR) is 92.4 cm³/mol. The molecule has 4 nitrogen and oxygen atoms in total. The zero-order valence-corrected chi connectivity index (χ0v) is 14.3. The summed E-state index contributed by atoms with van der Waals surface area (Å²) in [7, 11) is 1.89. The van der Waals surface area contributed by atoms with E-state index in [0.717, 1.165) is 46.6 Å². The van der Waals surface area contributed by atoms with Crippen molar-refractivity contribution in [3.63, 3.8) is 0 Å². The van der Waals surface area contributed by atoms with E-state index in [2.05, 4.69) is 62.5 Å². The number of hydrogen-bond donors (Lipinski definition) is 2. The summed E-state index contributed by atoms with van der Waals surface area (Å²) < 4.78 is 1.09. The van der Waals surface area contributed by atoms with Crippen LogP contribution in [0.2, 0.25) is 0 Å². The smallest absolute Gasteiger partial charge is 0.139 e. The Hall–Kier alpha value is -1.62. The average molecular weight is 349 g/mol. The Kier molecular flexibility index (Phi) is 5.56. The number of aromatic nitrogens is 2. The number of anilines is 3. The summed E-state index contributed by atoms with van der Waals surface area (Å²) in [5.41, 5.74) is 3.49. The topological polar surface area (TPSA) is 49.8 Å². The third kappa shape index (κ3) is 3.73. The Morgan fingerprint density at radius 3 is 2.57 bits per heavy atom. The molecule has 0 fully saturated rings. The molecule has 5 heteroatoms. The molecule has 0 saturated carbocycles. The molecule has 21 heavy (non-hydrogen) atoms.